The lowest BCUT2D eigenvalue weighted by molar-refractivity contribution is -0.146. The molecule has 6 heteroatoms. The lowest BCUT2D eigenvalue weighted by Gasteiger charge is -2.38. The van der Waals surface area contributed by atoms with E-state index in [1.54, 1.807) is 19.2 Å². The molecule has 1 aromatic carbocycles. The Bertz CT molecular complexity index is 614. The molecule has 132 valence electrons. The Morgan fingerprint density at radius 2 is 2.00 bits per heavy atom. The summed E-state index contributed by atoms with van der Waals surface area (Å²) in [6, 6.07) is 2.70. The summed E-state index contributed by atoms with van der Waals surface area (Å²) in [5.41, 5.74) is 1.37. The van der Waals surface area contributed by atoms with Crippen molar-refractivity contribution < 1.29 is 24.2 Å². The number of ether oxygens (including phenoxy) is 2. The van der Waals surface area contributed by atoms with E-state index in [1.807, 2.05) is 0 Å². The summed E-state index contributed by atoms with van der Waals surface area (Å²) in [6.45, 7) is 2.60. The zero-order valence-electron chi connectivity index (χ0n) is 14.5. The van der Waals surface area contributed by atoms with Gasteiger partial charge in [0.15, 0.2) is 11.5 Å². The van der Waals surface area contributed by atoms with Gasteiger partial charge in [-0.2, -0.15) is 0 Å². The fraction of sp³-hybridized carbons (Fsp3) is 0.556. The minimum Gasteiger partial charge on any atom is -0.493 e. The average molecular weight is 335 g/mol. The number of aliphatic carboxylic acids is 1. The fourth-order valence-corrected chi connectivity index (χ4v) is 2.97. The van der Waals surface area contributed by atoms with Gasteiger partial charge < -0.3 is 19.5 Å². The van der Waals surface area contributed by atoms with Crippen LogP contribution in [0.4, 0.5) is 0 Å². The number of carbonyl (C=O) groups excluding carboxylic acids is 1. The number of unbranched alkanes of at least 4 members (excludes halogenated alkanes) is 2. The van der Waals surface area contributed by atoms with Crippen molar-refractivity contribution in [2.45, 2.75) is 45.1 Å². The van der Waals surface area contributed by atoms with Crippen molar-refractivity contribution in [2.24, 2.45) is 0 Å². The first kappa shape index (κ1) is 18.1. The predicted molar refractivity (Wildman–Crippen MR) is 89.9 cm³/mol. The molecule has 24 heavy (non-hydrogen) atoms. The molecule has 1 amide bonds. The van der Waals surface area contributed by atoms with Gasteiger partial charge in [-0.05, 0) is 37.0 Å². The smallest absolute Gasteiger partial charge is 0.326 e. The van der Waals surface area contributed by atoms with Crippen molar-refractivity contribution in [1.29, 1.82) is 0 Å². The molecule has 0 spiro atoms. The highest BCUT2D eigenvalue weighted by atomic mass is 16.5. The van der Waals surface area contributed by atoms with Crippen LogP contribution in [0.1, 0.15) is 48.5 Å². The normalized spacial score (nSPS) is 16.5. The van der Waals surface area contributed by atoms with Crippen LogP contribution < -0.4 is 9.47 Å². The number of carboxylic acid groups (broad SMARTS) is 1. The Morgan fingerprint density at radius 1 is 1.25 bits per heavy atom. The second-order valence-electron chi connectivity index (χ2n) is 5.97. The third kappa shape index (κ3) is 3.63. The first-order valence-electron chi connectivity index (χ1n) is 8.32. The van der Waals surface area contributed by atoms with Crippen LogP contribution in [0.3, 0.4) is 0 Å². The SMILES string of the molecule is CCCCCc1cc(C(=O)N2CC[C@@H]2C(=O)O)cc(OC)c1OC. The highest BCUT2D eigenvalue weighted by Crippen LogP contribution is 2.35. The number of aryl methyl sites for hydroxylation is 1. The van der Waals surface area contributed by atoms with Crippen molar-refractivity contribution in [3.05, 3.63) is 23.3 Å². The van der Waals surface area contributed by atoms with Crippen LogP contribution in [0.25, 0.3) is 0 Å². The summed E-state index contributed by atoms with van der Waals surface area (Å²) in [6.07, 6.45) is 4.48. The van der Waals surface area contributed by atoms with E-state index in [4.69, 9.17) is 14.6 Å². The second kappa shape index (κ2) is 8.04. The first-order valence-corrected chi connectivity index (χ1v) is 8.32. The number of carboxylic acids is 1. The van der Waals surface area contributed by atoms with Crippen LogP contribution >= 0.6 is 0 Å². The van der Waals surface area contributed by atoms with Crippen LogP contribution in [0.15, 0.2) is 12.1 Å². The topological polar surface area (TPSA) is 76.1 Å². The highest BCUT2D eigenvalue weighted by molar-refractivity contribution is 5.98. The number of carbonyl (C=O) groups is 2. The van der Waals surface area contributed by atoms with E-state index >= 15 is 0 Å². The maximum Gasteiger partial charge on any atom is 0.326 e. The van der Waals surface area contributed by atoms with E-state index in [1.165, 1.54) is 12.0 Å². The summed E-state index contributed by atoms with van der Waals surface area (Å²) < 4.78 is 10.8. The maximum absolute atomic E-state index is 12.7. The minimum absolute atomic E-state index is 0.272. The lowest BCUT2D eigenvalue weighted by atomic mass is 9.98. The highest BCUT2D eigenvalue weighted by Gasteiger charge is 2.38. The number of likely N-dealkylation sites (tertiary alicyclic amines) is 1. The molecular weight excluding hydrogens is 310 g/mol. The van der Waals surface area contributed by atoms with Gasteiger partial charge in [0.05, 0.1) is 14.2 Å². The second-order valence-corrected chi connectivity index (χ2v) is 5.97. The molecule has 1 aromatic rings. The Labute approximate surface area is 142 Å². The molecule has 1 atom stereocenters. The van der Waals surface area contributed by atoms with Gasteiger partial charge in [-0.1, -0.05) is 19.8 Å². The molecule has 6 nitrogen and oxygen atoms in total. The summed E-state index contributed by atoms with van der Waals surface area (Å²) in [5, 5.41) is 9.14. The van der Waals surface area contributed by atoms with Crippen LogP contribution in [0, 0.1) is 0 Å². The van der Waals surface area contributed by atoms with Gasteiger partial charge in [0.25, 0.3) is 5.91 Å². The number of amides is 1. The summed E-state index contributed by atoms with van der Waals surface area (Å²) in [4.78, 5) is 25.2. The van der Waals surface area contributed by atoms with Gasteiger partial charge in [-0.25, -0.2) is 4.79 Å². The van der Waals surface area contributed by atoms with Crippen molar-refractivity contribution in [2.75, 3.05) is 20.8 Å². The van der Waals surface area contributed by atoms with Crippen LogP contribution in [0.5, 0.6) is 11.5 Å². The molecule has 1 N–H and O–H groups in total. The standard InChI is InChI=1S/C18H25NO5/c1-4-5-6-7-12-10-13(11-15(23-2)16(12)24-3)17(20)19-9-8-14(19)18(21)22/h10-11,14H,4-9H2,1-3H3,(H,21,22)/t14-/m1/s1. The van der Waals surface area contributed by atoms with Crippen LogP contribution in [-0.2, 0) is 11.2 Å². The molecule has 1 fully saturated rings. The van der Waals surface area contributed by atoms with Crippen molar-refractivity contribution >= 4 is 11.9 Å². The van der Waals surface area contributed by atoms with E-state index < -0.39 is 12.0 Å². The van der Waals surface area contributed by atoms with Crippen molar-refractivity contribution in [3.63, 3.8) is 0 Å². The van der Waals surface area contributed by atoms with E-state index in [9.17, 15) is 9.59 Å². The number of hydrogen-bond acceptors (Lipinski definition) is 4. The van der Waals surface area contributed by atoms with Crippen molar-refractivity contribution in [3.8, 4) is 11.5 Å². The van der Waals surface area contributed by atoms with Gasteiger partial charge in [-0.3, -0.25) is 4.79 Å². The van der Waals surface area contributed by atoms with Gasteiger partial charge in [0.2, 0.25) is 0 Å². The van der Waals surface area contributed by atoms with E-state index in [-0.39, 0.29) is 5.91 Å². The number of nitrogens with zero attached hydrogens (tertiary/aromatic N) is 1. The molecule has 1 heterocycles. The number of rotatable bonds is 8. The van der Waals surface area contributed by atoms with E-state index in [0.29, 0.717) is 30.0 Å². The quantitative estimate of drug-likeness (QED) is 0.739. The van der Waals surface area contributed by atoms with Crippen LogP contribution in [0.2, 0.25) is 0 Å². The maximum atomic E-state index is 12.7. The molecule has 0 aliphatic carbocycles. The zero-order chi connectivity index (χ0) is 17.7. The third-order valence-electron chi connectivity index (χ3n) is 4.42. The minimum atomic E-state index is -0.960. The third-order valence-corrected chi connectivity index (χ3v) is 4.42. The average Bonchev–Trinajstić information content (AvgIpc) is 2.52. The first-order chi connectivity index (χ1) is 11.5. The molecule has 0 radical (unpaired) electrons. The van der Waals surface area contributed by atoms with E-state index in [0.717, 1.165) is 31.2 Å². The molecule has 0 unspecified atom stereocenters. The molecule has 0 aromatic heterocycles. The van der Waals surface area contributed by atoms with Gasteiger partial charge in [-0.15, -0.1) is 0 Å². The largest absolute Gasteiger partial charge is 0.493 e. The molecule has 1 saturated heterocycles. The van der Waals surface area contributed by atoms with E-state index in [2.05, 4.69) is 6.92 Å². The van der Waals surface area contributed by atoms with Gasteiger partial charge in [0.1, 0.15) is 6.04 Å². The fourth-order valence-electron chi connectivity index (χ4n) is 2.97. The molecule has 0 saturated carbocycles. The number of benzene rings is 1. The number of methoxy groups -OCH3 is 2. The molecule has 1 aliphatic rings. The van der Waals surface area contributed by atoms with Crippen molar-refractivity contribution in [1.82, 2.24) is 4.90 Å². The summed E-state index contributed by atoms with van der Waals surface area (Å²) in [5.74, 6) is -0.0876. The lowest BCUT2D eigenvalue weighted by Crippen LogP contribution is -2.55. The zero-order valence-corrected chi connectivity index (χ0v) is 14.5. The molecular formula is C18H25NO5. The van der Waals surface area contributed by atoms with Crippen LogP contribution in [-0.4, -0.2) is 48.7 Å². The van der Waals surface area contributed by atoms with Gasteiger partial charge in [0, 0.05) is 12.1 Å². The Kier molecular flexibility index (Phi) is 6.06. The molecule has 0 bridgehead atoms. The number of hydrogen-bond donors (Lipinski definition) is 1. The predicted octanol–water partition coefficient (Wildman–Crippen LogP) is 2.74. The Hall–Kier alpha value is -2.24. The molecule has 2 rings (SSSR count). The molecule has 1 aliphatic heterocycles. The summed E-state index contributed by atoms with van der Waals surface area (Å²) >= 11 is 0. The van der Waals surface area contributed by atoms with Gasteiger partial charge >= 0.3 is 5.97 Å². The monoisotopic (exact) mass is 335 g/mol. The summed E-state index contributed by atoms with van der Waals surface area (Å²) in [7, 11) is 3.12. The Morgan fingerprint density at radius 3 is 2.50 bits per heavy atom. The Balaban J connectivity index is 2.30.